The van der Waals surface area contributed by atoms with Crippen molar-refractivity contribution in [3.05, 3.63) is 52.0 Å². The summed E-state index contributed by atoms with van der Waals surface area (Å²) < 4.78 is 10.6. The number of alkyl halides is 1. The molecule has 0 radical (unpaired) electrons. The van der Waals surface area contributed by atoms with Gasteiger partial charge in [-0.3, -0.25) is 9.59 Å². The average Bonchev–Trinajstić information content (AvgIpc) is 2.94. The van der Waals surface area contributed by atoms with Crippen LogP contribution in [0.5, 0.6) is 11.5 Å². The molecule has 134 valence electrons. The summed E-state index contributed by atoms with van der Waals surface area (Å²) in [4.78, 5) is 24.4. The van der Waals surface area contributed by atoms with Crippen molar-refractivity contribution in [3.63, 3.8) is 0 Å². The summed E-state index contributed by atoms with van der Waals surface area (Å²) in [5.41, 5.74) is 2.47. The highest BCUT2D eigenvalue weighted by Crippen LogP contribution is 2.38. The van der Waals surface area contributed by atoms with Crippen LogP contribution < -0.4 is 14.8 Å². The van der Waals surface area contributed by atoms with Crippen LogP contribution in [-0.4, -0.2) is 31.8 Å². The van der Waals surface area contributed by atoms with E-state index < -0.39 is 0 Å². The maximum atomic E-state index is 12.4. The Hall–Kier alpha value is -2.50. The van der Waals surface area contributed by atoms with E-state index in [1.165, 1.54) is 0 Å². The van der Waals surface area contributed by atoms with Crippen molar-refractivity contribution in [3.8, 4) is 11.5 Å². The number of anilines is 1. The topological polar surface area (TPSA) is 64.6 Å². The molecule has 0 atom stereocenters. The highest BCUT2D eigenvalue weighted by molar-refractivity contribution is 6.40. The normalized spacial score (nSPS) is 14.2. The molecule has 0 saturated heterocycles. The second-order valence-electron chi connectivity index (χ2n) is 5.55. The van der Waals surface area contributed by atoms with Gasteiger partial charge in [0.25, 0.3) is 5.91 Å². The number of rotatable bonds is 5. The number of halogens is 2. The number of hydrogen-bond donors (Lipinski definition) is 1. The number of benzene rings is 2. The molecule has 0 unspecified atom stereocenters. The zero-order valence-corrected chi connectivity index (χ0v) is 15.6. The summed E-state index contributed by atoms with van der Waals surface area (Å²) in [6, 6.07) is 8.42. The first-order valence-electron chi connectivity index (χ1n) is 7.66. The van der Waals surface area contributed by atoms with Crippen molar-refractivity contribution >= 4 is 52.2 Å². The Morgan fingerprint density at radius 2 is 1.96 bits per heavy atom. The maximum Gasteiger partial charge on any atom is 0.256 e. The Kier molecular flexibility index (Phi) is 5.20. The van der Waals surface area contributed by atoms with Crippen LogP contribution in [-0.2, 0) is 4.79 Å². The van der Waals surface area contributed by atoms with Crippen molar-refractivity contribution in [1.29, 1.82) is 0 Å². The van der Waals surface area contributed by atoms with Gasteiger partial charge in [0.2, 0.25) is 0 Å². The molecule has 7 heteroatoms. The highest BCUT2D eigenvalue weighted by Gasteiger charge is 2.27. The van der Waals surface area contributed by atoms with Gasteiger partial charge in [0.05, 0.1) is 30.8 Å². The number of carbonyl (C=O) groups excluding carboxylic acids is 2. The summed E-state index contributed by atoms with van der Waals surface area (Å²) in [6.45, 7) is 0. The number of ketones is 1. The lowest BCUT2D eigenvalue weighted by molar-refractivity contribution is -0.110. The lowest BCUT2D eigenvalue weighted by Crippen LogP contribution is -2.03. The van der Waals surface area contributed by atoms with Gasteiger partial charge in [-0.25, -0.2) is 0 Å². The molecule has 0 fully saturated rings. The van der Waals surface area contributed by atoms with Crippen LogP contribution in [0.2, 0.25) is 5.02 Å². The first-order valence-corrected chi connectivity index (χ1v) is 8.58. The molecule has 0 aliphatic carbocycles. The lowest BCUT2D eigenvalue weighted by Gasteiger charge is -2.09. The summed E-state index contributed by atoms with van der Waals surface area (Å²) >= 11 is 11.8. The molecule has 0 saturated carbocycles. The van der Waals surface area contributed by atoms with Crippen molar-refractivity contribution in [1.82, 2.24) is 0 Å². The molecule has 1 heterocycles. The maximum absolute atomic E-state index is 12.4. The van der Waals surface area contributed by atoms with E-state index in [-0.39, 0.29) is 28.2 Å². The first kappa shape index (κ1) is 18.3. The Bertz CT molecular complexity index is 937. The molecule has 1 aliphatic rings. The summed E-state index contributed by atoms with van der Waals surface area (Å²) in [5.74, 6) is 0.423. The Labute approximate surface area is 160 Å². The predicted molar refractivity (Wildman–Crippen MR) is 103 cm³/mol. The van der Waals surface area contributed by atoms with Crippen LogP contribution in [0.25, 0.3) is 11.6 Å². The van der Waals surface area contributed by atoms with E-state index in [4.69, 9.17) is 32.7 Å². The van der Waals surface area contributed by atoms with E-state index in [0.717, 1.165) is 0 Å². The monoisotopic (exact) mass is 391 g/mol. The van der Waals surface area contributed by atoms with Gasteiger partial charge in [-0.15, -0.1) is 11.6 Å². The minimum Gasteiger partial charge on any atom is -0.497 e. The smallest absolute Gasteiger partial charge is 0.256 e. The third kappa shape index (κ3) is 3.28. The van der Waals surface area contributed by atoms with Crippen LogP contribution in [0.4, 0.5) is 5.69 Å². The zero-order chi connectivity index (χ0) is 18.8. The second-order valence-corrected chi connectivity index (χ2v) is 6.23. The second kappa shape index (κ2) is 7.40. The third-order valence-electron chi connectivity index (χ3n) is 4.05. The number of nitrogens with one attached hydrogen (secondary N) is 1. The number of fused-ring (bicyclic) bond motifs is 1. The predicted octanol–water partition coefficient (Wildman–Crippen LogP) is 4.27. The fourth-order valence-electron chi connectivity index (χ4n) is 2.75. The summed E-state index contributed by atoms with van der Waals surface area (Å²) in [5, 5.41) is 3.00. The molecule has 1 amide bonds. The van der Waals surface area contributed by atoms with E-state index in [2.05, 4.69) is 5.32 Å². The number of methoxy groups -OCH3 is 2. The van der Waals surface area contributed by atoms with E-state index >= 15 is 0 Å². The molecule has 5 nitrogen and oxygen atoms in total. The largest absolute Gasteiger partial charge is 0.497 e. The molecule has 1 N–H and O–H groups in total. The van der Waals surface area contributed by atoms with E-state index in [1.54, 1.807) is 50.6 Å². The molecule has 0 spiro atoms. The molecular formula is C19H15Cl2NO4. The fraction of sp³-hybridized carbons (Fsp3) is 0.158. The van der Waals surface area contributed by atoms with E-state index in [9.17, 15) is 9.59 Å². The fourth-order valence-corrected chi connectivity index (χ4v) is 3.16. The van der Waals surface area contributed by atoms with Crippen LogP contribution in [0.3, 0.4) is 0 Å². The average molecular weight is 392 g/mol. The zero-order valence-electron chi connectivity index (χ0n) is 14.1. The van der Waals surface area contributed by atoms with Crippen molar-refractivity contribution in [2.75, 3.05) is 25.4 Å². The van der Waals surface area contributed by atoms with Gasteiger partial charge in [-0.2, -0.15) is 0 Å². The van der Waals surface area contributed by atoms with Gasteiger partial charge in [0.15, 0.2) is 5.78 Å². The third-order valence-corrected chi connectivity index (χ3v) is 4.60. The molecule has 2 aromatic carbocycles. The molecule has 0 bridgehead atoms. The molecule has 2 aromatic rings. The minimum absolute atomic E-state index is 0.192. The Morgan fingerprint density at radius 1 is 1.19 bits per heavy atom. The van der Waals surface area contributed by atoms with Gasteiger partial charge in [-0.05, 0) is 36.4 Å². The van der Waals surface area contributed by atoms with Crippen LogP contribution in [0.15, 0.2) is 30.3 Å². The van der Waals surface area contributed by atoms with Crippen molar-refractivity contribution < 1.29 is 19.1 Å². The Balaban J connectivity index is 2.15. The van der Waals surface area contributed by atoms with Crippen LogP contribution >= 0.6 is 23.2 Å². The van der Waals surface area contributed by atoms with Crippen LogP contribution in [0, 0.1) is 0 Å². The van der Waals surface area contributed by atoms with Crippen molar-refractivity contribution in [2.24, 2.45) is 0 Å². The standard InChI is InChI=1S/C19H15Cl2NO4/c1-25-11-3-4-18(26-2)10(5-11)6-13-12-7-14(17(23)9-20)15(21)8-16(12)22-19(13)24/h3-8H,9H2,1-2H3,(H,22,24). The van der Waals surface area contributed by atoms with Gasteiger partial charge >= 0.3 is 0 Å². The molecule has 26 heavy (non-hydrogen) atoms. The molecule has 3 rings (SSSR count). The van der Waals surface area contributed by atoms with E-state index in [1.807, 2.05) is 0 Å². The van der Waals surface area contributed by atoms with Crippen molar-refractivity contribution in [2.45, 2.75) is 0 Å². The quantitative estimate of drug-likeness (QED) is 0.469. The highest BCUT2D eigenvalue weighted by atomic mass is 35.5. The molecule has 1 aliphatic heterocycles. The van der Waals surface area contributed by atoms with Gasteiger partial charge in [0, 0.05) is 22.3 Å². The number of Topliss-reactive ketones (excluding diaryl/α,β-unsaturated/α-hetero) is 1. The van der Waals surface area contributed by atoms with Crippen LogP contribution in [0.1, 0.15) is 21.5 Å². The summed E-state index contributed by atoms with van der Waals surface area (Å²) in [7, 11) is 3.10. The number of carbonyl (C=O) groups is 2. The first-order chi connectivity index (χ1) is 12.5. The number of amides is 1. The summed E-state index contributed by atoms with van der Waals surface area (Å²) in [6.07, 6.45) is 1.69. The Morgan fingerprint density at radius 3 is 2.62 bits per heavy atom. The van der Waals surface area contributed by atoms with Gasteiger partial charge < -0.3 is 14.8 Å². The molecular weight excluding hydrogens is 377 g/mol. The lowest BCUT2D eigenvalue weighted by atomic mass is 10.00. The SMILES string of the molecule is COc1ccc(OC)c(C=C2C(=O)Nc3cc(Cl)c(C(=O)CCl)cc32)c1. The molecule has 0 aromatic heterocycles. The van der Waals surface area contributed by atoms with Gasteiger partial charge in [-0.1, -0.05) is 11.6 Å². The number of ether oxygens (including phenoxy) is 2. The minimum atomic E-state index is -0.308. The number of hydrogen-bond acceptors (Lipinski definition) is 4. The van der Waals surface area contributed by atoms with Gasteiger partial charge in [0.1, 0.15) is 11.5 Å². The van der Waals surface area contributed by atoms with E-state index in [0.29, 0.717) is 33.9 Å².